The van der Waals surface area contributed by atoms with E-state index in [2.05, 4.69) is 31.8 Å². The number of nitrogens with one attached hydrogen (secondary N) is 2. The summed E-state index contributed by atoms with van der Waals surface area (Å²) in [7, 11) is 0. The number of halogens is 1. The minimum atomic E-state index is -0.235. The van der Waals surface area contributed by atoms with Crippen molar-refractivity contribution in [3.63, 3.8) is 0 Å². The molecule has 2 aliphatic rings. The molecule has 3 aromatic rings. The summed E-state index contributed by atoms with van der Waals surface area (Å²) >= 11 is 0. The van der Waals surface area contributed by atoms with Gasteiger partial charge in [0.2, 0.25) is 0 Å². The minimum Gasteiger partial charge on any atom is -0.493 e. The summed E-state index contributed by atoms with van der Waals surface area (Å²) in [6.45, 7) is 2.69. The van der Waals surface area contributed by atoms with Gasteiger partial charge in [0.1, 0.15) is 17.9 Å². The summed E-state index contributed by atoms with van der Waals surface area (Å²) in [5, 5.41) is 10.9. The van der Waals surface area contributed by atoms with Crippen LogP contribution in [-0.2, 0) is 13.0 Å². The van der Waals surface area contributed by atoms with E-state index in [0.717, 1.165) is 42.9 Å². The number of hydrogen-bond acceptors (Lipinski definition) is 6. The van der Waals surface area contributed by atoms with E-state index in [-0.39, 0.29) is 5.82 Å². The van der Waals surface area contributed by atoms with E-state index >= 15 is 0 Å². The average molecular weight is 366 g/mol. The van der Waals surface area contributed by atoms with Gasteiger partial charge < -0.3 is 15.4 Å². The normalized spacial score (nSPS) is 16.1. The molecule has 0 aliphatic carbocycles. The van der Waals surface area contributed by atoms with Crippen LogP contribution < -0.4 is 15.4 Å². The second kappa shape index (κ2) is 6.62. The monoisotopic (exact) mass is 366 g/mol. The highest BCUT2D eigenvalue weighted by molar-refractivity contribution is 5.70. The molecule has 138 valence electrons. The van der Waals surface area contributed by atoms with Crippen LogP contribution in [-0.4, -0.2) is 39.3 Å². The van der Waals surface area contributed by atoms with Crippen LogP contribution in [0.25, 0.3) is 11.2 Å². The molecule has 7 nitrogen and oxygen atoms in total. The van der Waals surface area contributed by atoms with Gasteiger partial charge in [-0.05, 0) is 30.7 Å². The summed E-state index contributed by atoms with van der Waals surface area (Å²) in [5.41, 5.74) is 4.32. The molecular formula is C19H19FN6O. The number of anilines is 1. The van der Waals surface area contributed by atoms with Crippen LogP contribution in [0.4, 0.5) is 10.2 Å². The van der Waals surface area contributed by atoms with Crippen molar-refractivity contribution in [2.24, 2.45) is 0 Å². The van der Waals surface area contributed by atoms with Crippen molar-refractivity contribution >= 4 is 17.0 Å². The molecule has 0 saturated heterocycles. The number of benzene rings is 1. The van der Waals surface area contributed by atoms with E-state index in [4.69, 9.17) is 4.74 Å². The fourth-order valence-corrected chi connectivity index (χ4v) is 3.69. The van der Waals surface area contributed by atoms with Crippen LogP contribution in [0.1, 0.15) is 23.2 Å². The zero-order valence-corrected chi connectivity index (χ0v) is 14.7. The highest BCUT2D eigenvalue weighted by Gasteiger charge is 2.20. The molecule has 8 heteroatoms. The molecule has 1 aromatic carbocycles. The molecule has 2 N–H and O–H groups in total. The van der Waals surface area contributed by atoms with E-state index in [1.807, 2.05) is 0 Å². The SMILES string of the molecule is Fc1ccc2c(c1CNc1ncc(C3=CCNCC3)n3ncnc13)CCO2. The van der Waals surface area contributed by atoms with Gasteiger partial charge in [0.15, 0.2) is 11.5 Å². The van der Waals surface area contributed by atoms with Gasteiger partial charge in [0.25, 0.3) is 0 Å². The number of nitrogens with zero attached hydrogens (tertiary/aromatic N) is 4. The quantitative estimate of drug-likeness (QED) is 0.737. The Morgan fingerprint density at radius 2 is 2.22 bits per heavy atom. The van der Waals surface area contributed by atoms with Crippen LogP contribution in [0.2, 0.25) is 0 Å². The van der Waals surface area contributed by atoms with Crippen LogP contribution >= 0.6 is 0 Å². The lowest BCUT2D eigenvalue weighted by molar-refractivity contribution is 0.356. The smallest absolute Gasteiger partial charge is 0.198 e. The van der Waals surface area contributed by atoms with Crippen molar-refractivity contribution in [1.82, 2.24) is 24.9 Å². The average Bonchev–Trinajstić information content (AvgIpc) is 3.37. The van der Waals surface area contributed by atoms with Crippen LogP contribution in [0, 0.1) is 5.82 Å². The van der Waals surface area contributed by atoms with Crippen molar-refractivity contribution in [3.8, 4) is 5.75 Å². The van der Waals surface area contributed by atoms with Crippen LogP contribution in [0.15, 0.2) is 30.7 Å². The third-order valence-electron chi connectivity index (χ3n) is 5.07. The zero-order chi connectivity index (χ0) is 18.2. The number of aromatic nitrogens is 4. The molecule has 0 bridgehead atoms. The first-order valence-corrected chi connectivity index (χ1v) is 9.07. The van der Waals surface area contributed by atoms with Gasteiger partial charge in [0.05, 0.1) is 18.5 Å². The van der Waals surface area contributed by atoms with E-state index in [1.54, 1.807) is 16.8 Å². The summed E-state index contributed by atoms with van der Waals surface area (Å²) < 4.78 is 21.7. The van der Waals surface area contributed by atoms with E-state index in [1.165, 1.54) is 18.0 Å². The largest absolute Gasteiger partial charge is 0.493 e. The lowest BCUT2D eigenvalue weighted by atomic mass is 10.0. The van der Waals surface area contributed by atoms with Crippen molar-refractivity contribution in [2.75, 3.05) is 25.0 Å². The van der Waals surface area contributed by atoms with Crippen molar-refractivity contribution in [3.05, 3.63) is 53.4 Å². The number of fused-ring (bicyclic) bond motifs is 2. The Labute approximate surface area is 155 Å². The first-order chi connectivity index (χ1) is 13.3. The summed E-state index contributed by atoms with van der Waals surface area (Å²) in [6, 6.07) is 3.14. The molecule has 4 heterocycles. The summed E-state index contributed by atoms with van der Waals surface area (Å²) in [4.78, 5) is 8.89. The Hall–Kier alpha value is -3.00. The van der Waals surface area contributed by atoms with Crippen molar-refractivity contribution in [2.45, 2.75) is 19.4 Å². The fourth-order valence-electron chi connectivity index (χ4n) is 3.69. The zero-order valence-electron chi connectivity index (χ0n) is 14.7. The Bertz CT molecular complexity index is 1040. The molecule has 0 saturated carbocycles. The lowest BCUT2D eigenvalue weighted by Gasteiger charge is -2.16. The maximum atomic E-state index is 14.3. The Kier molecular flexibility index (Phi) is 3.97. The number of ether oxygens (including phenoxy) is 1. The third-order valence-corrected chi connectivity index (χ3v) is 5.07. The van der Waals surface area contributed by atoms with Gasteiger partial charge in [-0.25, -0.2) is 18.9 Å². The van der Waals surface area contributed by atoms with Gasteiger partial charge in [-0.3, -0.25) is 0 Å². The maximum Gasteiger partial charge on any atom is 0.198 e. The van der Waals surface area contributed by atoms with E-state index in [0.29, 0.717) is 30.2 Å². The van der Waals surface area contributed by atoms with Gasteiger partial charge in [-0.1, -0.05) is 6.08 Å². The maximum absolute atomic E-state index is 14.3. The molecule has 27 heavy (non-hydrogen) atoms. The fraction of sp³-hybridized carbons (Fsp3) is 0.316. The Balaban J connectivity index is 1.46. The van der Waals surface area contributed by atoms with E-state index in [9.17, 15) is 4.39 Å². The molecule has 2 aromatic heterocycles. The highest BCUT2D eigenvalue weighted by atomic mass is 19.1. The second-order valence-corrected chi connectivity index (χ2v) is 6.63. The van der Waals surface area contributed by atoms with E-state index < -0.39 is 0 Å². The van der Waals surface area contributed by atoms with Gasteiger partial charge >= 0.3 is 0 Å². The van der Waals surface area contributed by atoms with Gasteiger partial charge in [0, 0.05) is 30.6 Å². The Morgan fingerprint density at radius 1 is 1.26 bits per heavy atom. The standard InChI is InChI=1S/C19H19FN6O/c20-15-1-2-17-13(5-8-27-17)14(15)9-22-18-19-24-11-25-26(19)16(10-23-18)12-3-6-21-7-4-12/h1-3,10-11,21H,4-9H2,(H,22,23). The molecular weight excluding hydrogens is 347 g/mol. The molecule has 0 radical (unpaired) electrons. The number of rotatable bonds is 4. The molecule has 0 spiro atoms. The first-order valence-electron chi connectivity index (χ1n) is 9.07. The first kappa shape index (κ1) is 16.2. The van der Waals surface area contributed by atoms with Crippen molar-refractivity contribution < 1.29 is 9.13 Å². The molecule has 0 unspecified atom stereocenters. The van der Waals surface area contributed by atoms with Crippen LogP contribution in [0.3, 0.4) is 0 Å². The van der Waals surface area contributed by atoms with Crippen LogP contribution in [0.5, 0.6) is 5.75 Å². The van der Waals surface area contributed by atoms with Crippen molar-refractivity contribution in [1.29, 1.82) is 0 Å². The lowest BCUT2D eigenvalue weighted by Crippen LogP contribution is -2.21. The van der Waals surface area contributed by atoms with Gasteiger partial charge in [-0.15, -0.1) is 0 Å². The number of hydrogen-bond donors (Lipinski definition) is 2. The minimum absolute atomic E-state index is 0.235. The predicted molar refractivity (Wildman–Crippen MR) is 99.2 cm³/mol. The molecule has 0 atom stereocenters. The molecule has 2 aliphatic heterocycles. The second-order valence-electron chi connectivity index (χ2n) is 6.63. The topological polar surface area (TPSA) is 76.4 Å². The molecule has 0 fully saturated rings. The summed E-state index contributed by atoms with van der Waals surface area (Å²) in [5.74, 6) is 1.12. The highest BCUT2D eigenvalue weighted by Crippen LogP contribution is 2.31. The summed E-state index contributed by atoms with van der Waals surface area (Å²) in [6.07, 6.45) is 7.11. The Morgan fingerprint density at radius 3 is 3.11 bits per heavy atom. The molecule has 5 rings (SSSR count). The molecule has 0 amide bonds. The third kappa shape index (κ3) is 2.82. The van der Waals surface area contributed by atoms with Gasteiger partial charge in [-0.2, -0.15) is 5.10 Å². The predicted octanol–water partition coefficient (Wildman–Crippen LogP) is 2.19.